The molecule has 1 heterocycles. The zero-order chi connectivity index (χ0) is 17.5. The van der Waals surface area contributed by atoms with Crippen LogP contribution in [0.15, 0.2) is 30.3 Å². The van der Waals surface area contributed by atoms with Crippen molar-refractivity contribution >= 4 is 11.8 Å². The van der Waals surface area contributed by atoms with Crippen LogP contribution in [0.1, 0.15) is 68.1 Å². The SMILES string of the molecule is O=C(CC1CCN(C(=O)c2ccccc2)CC1)NC1CCCCCC1. The largest absolute Gasteiger partial charge is 0.353 e. The van der Waals surface area contributed by atoms with E-state index in [4.69, 9.17) is 0 Å². The molecule has 25 heavy (non-hydrogen) atoms. The van der Waals surface area contributed by atoms with E-state index in [2.05, 4.69) is 5.32 Å². The van der Waals surface area contributed by atoms with Crippen molar-refractivity contribution in [2.75, 3.05) is 13.1 Å². The number of rotatable bonds is 4. The maximum atomic E-state index is 12.5. The molecule has 1 aromatic carbocycles. The van der Waals surface area contributed by atoms with E-state index >= 15 is 0 Å². The Labute approximate surface area is 151 Å². The van der Waals surface area contributed by atoms with E-state index < -0.39 is 0 Å². The number of likely N-dealkylation sites (tertiary alicyclic amines) is 1. The zero-order valence-corrected chi connectivity index (χ0v) is 15.1. The molecule has 3 rings (SSSR count). The average Bonchev–Trinajstić information content (AvgIpc) is 2.91. The molecule has 4 heteroatoms. The van der Waals surface area contributed by atoms with Crippen molar-refractivity contribution in [3.8, 4) is 0 Å². The minimum atomic E-state index is 0.113. The molecule has 1 saturated carbocycles. The molecule has 0 atom stereocenters. The van der Waals surface area contributed by atoms with E-state index in [1.165, 1.54) is 25.7 Å². The number of carbonyl (C=O) groups excluding carboxylic acids is 2. The molecule has 0 radical (unpaired) electrons. The summed E-state index contributed by atoms with van der Waals surface area (Å²) >= 11 is 0. The highest BCUT2D eigenvalue weighted by molar-refractivity contribution is 5.94. The van der Waals surface area contributed by atoms with Gasteiger partial charge in [0.2, 0.25) is 5.91 Å². The third-order valence-electron chi connectivity index (χ3n) is 5.62. The number of hydrogen-bond donors (Lipinski definition) is 1. The fourth-order valence-corrected chi connectivity index (χ4v) is 4.08. The van der Waals surface area contributed by atoms with Gasteiger partial charge in [-0.15, -0.1) is 0 Å². The fourth-order valence-electron chi connectivity index (χ4n) is 4.08. The van der Waals surface area contributed by atoms with Gasteiger partial charge in [0.1, 0.15) is 0 Å². The normalized spacial score (nSPS) is 20.1. The van der Waals surface area contributed by atoms with E-state index in [1.807, 2.05) is 35.2 Å². The number of nitrogens with one attached hydrogen (secondary N) is 1. The lowest BCUT2D eigenvalue weighted by Crippen LogP contribution is -2.41. The number of hydrogen-bond acceptors (Lipinski definition) is 2. The van der Waals surface area contributed by atoms with Gasteiger partial charge in [-0.3, -0.25) is 9.59 Å². The summed E-state index contributed by atoms with van der Waals surface area (Å²) in [5.41, 5.74) is 0.757. The van der Waals surface area contributed by atoms with Crippen molar-refractivity contribution in [2.45, 2.75) is 63.8 Å². The number of amides is 2. The Balaban J connectivity index is 1.41. The van der Waals surface area contributed by atoms with Gasteiger partial charge < -0.3 is 10.2 Å². The van der Waals surface area contributed by atoms with Crippen LogP contribution in [0.5, 0.6) is 0 Å². The molecule has 2 aliphatic rings. The minimum Gasteiger partial charge on any atom is -0.353 e. The van der Waals surface area contributed by atoms with Gasteiger partial charge in [0, 0.05) is 31.1 Å². The molecule has 0 aromatic heterocycles. The zero-order valence-electron chi connectivity index (χ0n) is 15.1. The molecule has 1 aromatic rings. The quantitative estimate of drug-likeness (QED) is 0.847. The highest BCUT2D eigenvalue weighted by atomic mass is 16.2. The van der Waals surface area contributed by atoms with Crippen molar-refractivity contribution in [3.63, 3.8) is 0 Å². The van der Waals surface area contributed by atoms with Crippen LogP contribution in [-0.4, -0.2) is 35.8 Å². The second-order valence-corrected chi connectivity index (χ2v) is 7.56. The Bertz CT molecular complexity index is 557. The summed E-state index contributed by atoms with van der Waals surface area (Å²) in [6.07, 6.45) is 9.83. The summed E-state index contributed by atoms with van der Waals surface area (Å²) < 4.78 is 0. The van der Waals surface area contributed by atoms with Gasteiger partial charge in [0.25, 0.3) is 5.91 Å². The van der Waals surface area contributed by atoms with E-state index in [1.54, 1.807) is 0 Å². The molecule has 1 N–H and O–H groups in total. The van der Waals surface area contributed by atoms with E-state index in [9.17, 15) is 9.59 Å². The van der Waals surface area contributed by atoms with Gasteiger partial charge in [0.15, 0.2) is 0 Å². The van der Waals surface area contributed by atoms with Gasteiger partial charge >= 0.3 is 0 Å². The Morgan fingerprint density at radius 3 is 2.20 bits per heavy atom. The molecule has 1 saturated heterocycles. The van der Waals surface area contributed by atoms with Crippen molar-refractivity contribution in [3.05, 3.63) is 35.9 Å². The molecule has 1 aliphatic heterocycles. The Morgan fingerprint density at radius 2 is 1.56 bits per heavy atom. The predicted molar refractivity (Wildman–Crippen MR) is 99.3 cm³/mol. The Kier molecular flexibility index (Phi) is 6.48. The smallest absolute Gasteiger partial charge is 0.253 e. The first kappa shape index (κ1) is 18.0. The first-order valence-electron chi connectivity index (χ1n) is 9.86. The van der Waals surface area contributed by atoms with E-state index in [0.717, 1.165) is 44.3 Å². The molecular formula is C21H30N2O2. The van der Waals surface area contributed by atoms with Crippen molar-refractivity contribution < 1.29 is 9.59 Å². The summed E-state index contributed by atoms with van der Waals surface area (Å²) in [5.74, 6) is 0.729. The molecule has 2 amide bonds. The van der Waals surface area contributed by atoms with Crippen molar-refractivity contribution in [1.82, 2.24) is 10.2 Å². The maximum absolute atomic E-state index is 12.5. The van der Waals surface area contributed by atoms with Crippen LogP contribution in [0.4, 0.5) is 0 Å². The minimum absolute atomic E-state index is 0.113. The van der Waals surface area contributed by atoms with Gasteiger partial charge in [-0.1, -0.05) is 43.9 Å². The standard InChI is InChI=1S/C21H30N2O2/c24-20(22-19-10-6-1-2-7-11-19)16-17-12-14-23(15-13-17)21(25)18-8-4-3-5-9-18/h3-5,8-9,17,19H,1-2,6-7,10-16H2,(H,22,24). The third kappa shape index (κ3) is 5.32. The molecule has 4 nitrogen and oxygen atoms in total. The first-order chi connectivity index (χ1) is 12.2. The molecule has 1 aliphatic carbocycles. The van der Waals surface area contributed by atoms with Gasteiger partial charge in [-0.2, -0.15) is 0 Å². The number of nitrogens with zero attached hydrogens (tertiary/aromatic N) is 1. The number of piperidine rings is 1. The van der Waals surface area contributed by atoms with Gasteiger partial charge in [-0.05, 0) is 43.7 Å². The molecule has 136 valence electrons. The van der Waals surface area contributed by atoms with Crippen LogP contribution in [0.25, 0.3) is 0 Å². The molecule has 0 bridgehead atoms. The average molecular weight is 342 g/mol. The van der Waals surface area contributed by atoms with Crippen LogP contribution in [0.3, 0.4) is 0 Å². The number of carbonyl (C=O) groups is 2. The van der Waals surface area contributed by atoms with Crippen LogP contribution in [0.2, 0.25) is 0 Å². The fraction of sp³-hybridized carbons (Fsp3) is 0.619. The lowest BCUT2D eigenvalue weighted by atomic mass is 9.92. The summed E-state index contributed by atoms with van der Waals surface area (Å²) in [4.78, 5) is 26.7. The second-order valence-electron chi connectivity index (χ2n) is 7.56. The topological polar surface area (TPSA) is 49.4 Å². The van der Waals surface area contributed by atoms with Crippen molar-refractivity contribution in [2.24, 2.45) is 5.92 Å². The van der Waals surface area contributed by atoms with Crippen LogP contribution in [-0.2, 0) is 4.79 Å². The summed E-state index contributed by atoms with van der Waals surface area (Å²) in [5, 5.41) is 3.25. The lowest BCUT2D eigenvalue weighted by Gasteiger charge is -2.32. The predicted octanol–water partition coefficient (Wildman–Crippen LogP) is 3.77. The maximum Gasteiger partial charge on any atom is 0.253 e. The van der Waals surface area contributed by atoms with Crippen molar-refractivity contribution in [1.29, 1.82) is 0 Å². The molecular weight excluding hydrogens is 312 g/mol. The molecule has 2 fully saturated rings. The molecule has 0 unspecified atom stereocenters. The highest BCUT2D eigenvalue weighted by Crippen LogP contribution is 2.23. The van der Waals surface area contributed by atoms with Crippen LogP contribution in [0, 0.1) is 5.92 Å². The monoisotopic (exact) mass is 342 g/mol. The number of benzene rings is 1. The third-order valence-corrected chi connectivity index (χ3v) is 5.62. The molecule has 0 spiro atoms. The Morgan fingerprint density at radius 1 is 0.920 bits per heavy atom. The first-order valence-corrected chi connectivity index (χ1v) is 9.86. The van der Waals surface area contributed by atoms with E-state index in [0.29, 0.717) is 18.4 Å². The summed E-state index contributed by atoms with van der Waals surface area (Å²) in [6, 6.07) is 9.85. The van der Waals surface area contributed by atoms with E-state index in [-0.39, 0.29) is 11.8 Å². The Hall–Kier alpha value is -1.84. The lowest BCUT2D eigenvalue weighted by molar-refractivity contribution is -0.123. The second kappa shape index (κ2) is 9.02. The van der Waals surface area contributed by atoms with Gasteiger partial charge in [0.05, 0.1) is 0 Å². The summed E-state index contributed by atoms with van der Waals surface area (Å²) in [7, 11) is 0. The van der Waals surface area contributed by atoms with Crippen LogP contribution < -0.4 is 5.32 Å². The highest BCUT2D eigenvalue weighted by Gasteiger charge is 2.25. The van der Waals surface area contributed by atoms with Crippen LogP contribution >= 0.6 is 0 Å². The summed E-state index contributed by atoms with van der Waals surface area (Å²) in [6.45, 7) is 1.52. The van der Waals surface area contributed by atoms with Gasteiger partial charge in [-0.25, -0.2) is 0 Å².